The van der Waals surface area contributed by atoms with Gasteiger partial charge in [0.05, 0.1) is 10.8 Å². The zero-order valence-corrected chi connectivity index (χ0v) is 13.3. The highest BCUT2D eigenvalue weighted by Crippen LogP contribution is 2.23. The molecule has 1 aromatic heterocycles. The zero-order chi connectivity index (χ0) is 13.8. The maximum atomic E-state index is 12.2. The van der Waals surface area contributed by atoms with E-state index in [1.807, 2.05) is 19.0 Å². The number of nitrogens with zero attached hydrogens (tertiary/aromatic N) is 2. The Balaban J connectivity index is 2.67. The third kappa shape index (κ3) is 4.20. The minimum absolute atomic E-state index is 0.343. The van der Waals surface area contributed by atoms with Gasteiger partial charge in [0, 0.05) is 23.8 Å². The van der Waals surface area contributed by atoms with Crippen LogP contribution in [-0.4, -0.2) is 51.9 Å². The number of alkyl halides is 1. The fraction of sp³-hybridized carbons (Fsp3) is 0.636. The molecule has 0 fully saturated rings. The van der Waals surface area contributed by atoms with Crippen LogP contribution in [0.3, 0.4) is 0 Å². The highest BCUT2D eigenvalue weighted by molar-refractivity contribution is 7.89. The summed E-state index contributed by atoms with van der Waals surface area (Å²) in [7, 11) is 2.20. The summed E-state index contributed by atoms with van der Waals surface area (Å²) in [4.78, 5) is 3.25. The van der Waals surface area contributed by atoms with Gasteiger partial charge in [0.2, 0.25) is 10.0 Å². The Kier molecular flexibility index (Phi) is 6.07. The Morgan fingerprint density at radius 2 is 1.94 bits per heavy atom. The first-order valence-electron chi connectivity index (χ1n) is 5.62. The summed E-state index contributed by atoms with van der Waals surface area (Å²) in [5, 5.41) is 1.65. The molecule has 4 nitrogen and oxygen atoms in total. The van der Waals surface area contributed by atoms with Crippen molar-refractivity contribution in [3.05, 3.63) is 16.3 Å². The molecule has 1 heterocycles. The van der Waals surface area contributed by atoms with Gasteiger partial charge in [-0.15, -0.1) is 22.9 Å². The molecule has 7 heteroatoms. The van der Waals surface area contributed by atoms with Gasteiger partial charge in [-0.25, -0.2) is 12.7 Å². The third-order valence-corrected chi connectivity index (χ3v) is 5.91. The Bertz CT molecular complexity index is 471. The summed E-state index contributed by atoms with van der Waals surface area (Å²) in [6.45, 7) is 1.39. The van der Waals surface area contributed by atoms with Crippen LogP contribution in [0.4, 0.5) is 0 Å². The largest absolute Gasteiger partial charge is 0.309 e. The van der Waals surface area contributed by atoms with Crippen molar-refractivity contribution in [1.29, 1.82) is 0 Å². The monoisotopic (exact) mass is 310 g/mol. The molecule has 0 unspecified atom stereocenters. The lowest BCUT2D eigenvalue weighted by Gasteiger charge is -2.17. The lowest BCUT2D eigenvalue weighted by molar-refractivity contribution is 0.370. The summed E-state index contributed by atoms with van der Waals surface area (Å²) in [5.41, 5.74) is 0. The van der Waals surface area contributed by atoms with Gasteiger partial charge in [0.15, 0.2) is 0 Å². The molecule has 0 amide bonds. The average Bonchev–Trinajstić information content (AvgIpc) is 2.77. The molecule has 0 saturated carbocycles. The van der Waals surface area contributed by atoms with Crippen LogP contribution < -0.4 is 0 Å². The summed E-state index contributed by atoms with van der Waals surface area (Å²) >= 11 is 7.06. The van der Waals surface area contributed by atoms with Gasteiger partial charge >= 0.3 is 0 Å². The van der Waals surface area contributed by atoms with Crippen LogP contribution in [0.5, 0.6) is 0 Å². The van der Waals surface area contributed by atoms with Gasteiger partial charge in [-0.05, 0) is 33.1 Å². The van der Waals surface area contributed by atoms with Gasteiger partial charge in [-0.1, -0.05) is 0 Å². The van der Waals surface area contributed by atoms with Crippen molar-refractivity contribution in [2.24, 2.45) is 0 Å². The Hall–Kier alpha value is -0.140. The number of hydrogen-bond acceptors (Lipinski definition) is 4. The first kappa shape index (κ1) is 15.9. The van der Waals surface area contributed by atoms with Crippen LogP contribution in [0.15, 0.2) is 16.3 Å². The molecule has 0 saturated heterocycles. The Morgan fingerprint density at radius 1 is 1.28 bits per heavy atom. The summed E-state index contributed by atoms with van der Waals surface area (Å²) in [6, 6.07) is 1.65. The maximum Gasteiger partial charge on any atom is 0.243 e. The predicted molar refractivity (Wildman–Crippen MR) is 76.9 cm³/mol. The van der Waals surface area contributed by atoms with E-state index in [4.69, 9.17) is 11.6 Å². The fourth-order valence-corrected chi connectivity index (χ4v) is 4.06. The molecule has 0 N–H and O–H groups in total. The first-order chi connectivity index (χ1) is 8.37. The van der Waals surface area contributed by atoms with Crippen molar-refractivity contribution in [2.45, 2.75) is 17.2 Å². The normalized spacial score (nSPS) is 12.6. The molecule has 0 radical (unpaired) electrons. The van der Waals surface area contributed by atoms with Gasteiger partial charge in [-0.3, -0.25) is 0 Å². The van der Waals surface area contributed by atoms with Crippen molar-refractivity contribution < 1.29 is 8.42 Å². The highest BCUT2D eigenvalue weighted by Gasteiger charge is 2.21. The summed E-state index contributed by atoms with van der Waals surface area (Å²) in [5.74, 6) is 0.352. The van der Waals surface area contributed by atoms with Crippen molar-refractivity contribution in [3.63, 3.8) is 0 Å². The topological polar surface area (TPSA) is 40.6 Å². The molecule has 0 bridgehead atoms. The van der Waals surface area contributed by atoms with Gasteiger partial charge in [0.1, 0.15) is 0 Å². The van der Waals surface area contributed by atoms with Gasteiger partial charge in [0.25, 0.3) is 0 Å². The van der Waals surface area contributed by atoms with E-state index in [1.54, 1.807) is 18.5 Å². The number of sulfonamides is 1. The minimum Gasteiger partial charge on any atom is -0.309 e. The number of thiophene rings is 1. The molecular weight excluding hydrogens is 292 g/mol. The first-order valence-corrected chi connectivity index (χ1v) is 8.48. The van der Waals surface area contributed by atoms with Crippen LogP contribution in [0, 0.1) is 0 Å². The van der Waals surface area contributed by atoms with E-state index in [-0.39, 0.29) is 0 Å². The van der Waals surface area contributed by atoms with Crippen molar-refractivity contribution in [3.8, 4) is 0 Å². The molecular formula is C11H19ClN2O2S2. The van der Waals surface area contributed by atoms with E-state index < -0.39 is 10.0 Å². The van der Waals surface area contributed by atoms with Crippen LogP contribution in [0.1, 0.15) is 11.3 Å². The second-order valence-corrected chi connectivity index (χ2v) is 7.67. The fourth-order valence-electron chi connectivity index (χ4n) is 1.48. The highest BCUT2D eigenvalue weighted by atomic mass is 35.5. The molecule has 0 aromatic carbocycles. The quantitative estimate of drug-likeness (QED) is 0.724. The second kappa shape index (κ2) is 6.86. The van der Waals surface area contributed by atoms with Crippen LogP contribution in [-0.2, 0) is 15.9 Å². The van der Waals surface area contributed by atoms with Crippen LogP contribution in [0.25, 0.3) is 0 Å². The van der Waals surface area contributed by atoms with Crippen LogP contribution in [0.2, 0.25) is 0 Å². The standard InChI is InChI=1S/C11H19ClN2O2S2/c1-13(2)5-4-6-14(3)18(15,16)11-7-10(8-12)17-9-11/h7,9H,4-6,8H2,1-3H3. The zero-order valence-electron chi connectivity index (χ0n) is 10.9. The van der Waals surface area contributed by atoms with Gasteiger partial charge < -0.3 is 4.90 Å². The number of halogens is 1. The molecule has 0 aliphatic heterocycles. The lowest BCUT2D eigenvalue weighted by atomic mass is 10.4. The smallest absolute Gasteiger partial charge is 0.243 e. The van der Waals surface area contributed by atoms with E-state index in [0.29, 0.717) is 17.3 Å². The van der Waals surface area contributed by atoms with Crippen molar-refractivity contribution in [2.75, 3.05) is 34.2 Å². The Labute approximate surface area is 118 Å². The number of rotatable bonds is 7. The van der Waals surface area contributed by atoms with E-state index in [2.05, 4.69) is 0 Å². The molecule has 1 rings (SSSR count). The van der Waals surface area contributed by atoms with Crippen molar-refractivity contribution in [1.82, 2.24) is 9.21 Å². The van der Waals surface area contributed by atoms with E-state index >= 15 is 0 Å². The SMILES string of the molecule is CN(C)CCCN(C)S(=O)(=O)c1csc(CCl)c1. The third-order valence-electron chi connectivity index (χ3n) is 2.55. The van der Waals surface area contributed by atoms with Gasteiger partial charge in [-0.2, -0.15) is 0 Å². The molecule has 18 heavy (non-hydrogen) atoms. The predicted octanol–water partition coefficient (Wildman–Crippen LogP) is 2.06. The molecule has 0 atom stereocenters. The molecule has 1 aromatic rings. The summed E-state index contributed by atoms with van der Waals surface area (Å²) in [6.07, 6.45) is 0.815. The number of hydrogen-bond donors (Lipinski definition) is 0. The minimum atomic E-state index is -3.36. The summed E-state index contributed by atoms with van der Waals surface area (Å²) < 4.78 is 25.8. The van der Waals surface area contributed by atoms with Crippen LogP contribution >= 0.6 is 22.9 Å². The molecule has 104 valence electrons. The van der Waals surface area contributed by atoms with E-state index in [0.717, 1.165) is 17.8 Å². The average molecular weight is 311 g/mol. The Morgan fingerprint density at radius 3 is 2.44 bits per heavy atom. The van der Waals surface area contributed by atoms with E-state index in [9.17, 15) is 8.42 Å². The van der Waals surface area contributed by atoms with E-state index in [1.165, 1.54) is 15.6 Å². The molecule has 0 aliphatic carbocycles. The lowest BCUT2D eigenvalue weighted by Crippen LogP contribution is -2.29. The molecule has 0 spiro atoms. The molecule has 0 aliphatic rings. The maximum absolute atomic E-state index is 12.2. The second-order valence-electron chi connectivity index (χ2n) is 4.37. The van der Waals surface area contributed by atoms with Crippen molar-refractivity contribution >= 4 is 33.0 Å².